The molecule has 10 N–H and O–H groups in total. The van der Waals surface area contributed by atoms with E-state index in [9.17, 15) is 60.7 Å². The van der Waals surface area contributed by atoms with E-state index in [1.807, 2.05) is 6.92 Å². The first-order chi connectivity index (χ1) is 29.7. The van der Waals surface area contributed by atoms with Gasteiger partial charge >= 0.3 is 0 Å². The molecule has 3 saturated heterocycles. The lowest BCUT2D eigenvalue weighted by Gasteiger charge is -2.57. The first-order valence-corrected chi connectivity index (χ1v) is 22.8. The minimum absolute atomic E-state index is 0.0223. The number of hydrogen-bond donors (Lipinski definition) is 10. The van der Waals surface area contributed by atoms with Gasteiger partial charge in [-0.25, -0.2) is 0 Å². The predicted molar refractivity (Wildman–Crippen MR) is 218 cm³/mol. The van der Waals surface area contributed by atoms with E-state index in [0.29, 0.717) is 36.8 Å². The van der Waals surface area contributed by atoms with E-state index in [0.717, 1.165) is 25.7 Å². The predicted octanol–water partition coefficient (Wildman–Crippen LogP) is -0.716. The molecule has 358 valence electrons. The van der Waals surface area contributed by atoms with Crippen LogP contribution in [0.5, 0.6) is 0 Å². The second-order valence-electron chi connectivity index (χ2n) is 19.9. The largest absolute Gasteiger partial charge is 0.394 e. The average molecular weight is 899 g/mol. The van der Waals surface area contributed by atoms with Crippen molar-refractivity contribution in [2.75, 3.05) is 19.8 Å². The summed E-state index contributed by atoms with van der Waals surface area (Å²) in [7, 11) is 0. The van der Waals surface area contributed by atoms with E-state index in [2.05, 4.69) is 19.9 Å². The summed E-state index contributed by atoms with van der Waals surface area (Å²) in [4.78, 5) is 27.7. The number of carbonyl (C=O) groups is 2. The molecule has 63 heavy (non-hydrogen) atoms. The Labute approximate surface area is 367 Å². The molecule has 6 fully saturated rings. The molecule has 3 saturated carbocycles. The number of Topliss-reactive ketones (excluding diaryl/α,β-unsaturated/α-hetero) is 2. The Hall–Kier alpha value is -1.82. The molecule has 4 aliphatic carbocycles. The molecule has 0 spiro atoms. The lowest BCUT2D eigenvalue weighted by atomic mass is 9.47. The number of aliphatic hydroxyl groups excluding tert-OH is 10. The highest BCUT2D eigenvalue weighted by Crippen LogP contribution is 2.66. The molecule has 0 amide bonds. The van der Waals surface area contributed by atoms with Gasteiger partial charge in [-0.1, -0.05) is 32.4 Å². The van der Waals surface area contributed by atoms with E-state index in [1.165, 1.54) is 12.5 Å². The molecule has 0 aromatic heterocycles. The average Bonchev–Trinajstić information content (AvgIpc) is 3.54. The van der Waals surface area contributed by atoms with Crippen LogP contribution in [0, 0.1) is 34.5 Å². The van der Waals surface area contributed by atoms with Gasteiger partial charge in [0.25, 0.3) is 0 Å². The molecule has 22 atom stereocenters. The van der Waals surface area contributed by atoms with Crippen LogP contribution in [0.2, 0.25) is 0 Å². The highest BCUT2D eigenvalue weighted by atomic mass is 16.8. The number of allylic oxidation sites excluding steroid dienone is 3. The van der Waals surface area contributed by atoms with Crippen LogP contribution in [0.15, 0.2) is 22.8 Å². The van der Waals surface area contributed by atoms with Crippen LogP contribution in [0.25, 0.3) is 0 Å². The molecule has 7 aliphatic rings. The third-order valence-electron chi connectivity index (χ3n) is 16.0. The van der Waals surface area contributed by atoms with Gasteiger partial charge in [0.15, 0.2) is 30.4 Å². The van der Waals surface area contributed by atoms with Crippen molar-refractivity contribution in [3.05, 3.63) is 22.8 Å². The molecule has 0 unspecified atom stereocenters. The second-order valence-corrected chi connectivity index (χ2v) is 19.9. The molecule has 18 nitrogen and oxygen atoms in total. The first-order valence-electron chi connectivity index (χ1n) is 22.8. The summed E-state index contributed by atoms with van der Waals surface area (Å²) in [5.41, 5.74) is 1.73. The number of ether oxygens (including phenoxy) is 6. The van der Waals surface area contributed by atoms with E-state index in [4.69, 9.17) is 28.4 Å². The summed E-state index contributed by atoms with van der Waals surface area (Å²) in [5.74, 6) is 0.340. The maximum absolute atomic E-state index is 13.9. The van der Waals surface area contributed by atoms with Gasteiger partial charge in [-0.3, -0.25) is 9.59 Å². The van der Waals surface area contributed by atoms with Crippen molar-refractivity contribution in [3.8, 4) is 0 Å². The zero-order valence-corrected chi connectivity index (χ0v) is 36.8. The number of rotatable bonds is 13. The Kier molecular flexibility index (Phi) is 15.1. The first kappa shape index (κ1) is 49.1. The molecule has 0 aromatic rings. The Morgan fingerprint density at radius 1 is 0.762 bits per heavy atom. The van der Waals surface area contributed by atoms with Crippen molar-refractivity contribution in [3.63, 3.8) is 0 Å². The molecule has 0 aromatic carbocycles. The lowest BCUT2D eigenvalue weighted by Crippen LogP contribution is -2.64. The quantitative estimate of drug-likeness (QED) is 0.0807. The second kappa shape index (κ2) is 19.4. The molecular formula is C45H70O18. The van der Waals surface area contributed by atoms with Crippen molar-refractivity contribution >= 4 is 11.6 Å². The fourth-order valence-corrected chi connectivity index (χ4v) is 12.0. The zero-order chi connectivity index (χ0) is 45.9. The van der Waals surface area contributed by atoms with Gasteiger partial charge in [0.2, 0.25) is 0 Å². The van der Waals surface area contributed by atoms with Crippen molar-refractivity contribution in [2.45, 2.75) is 191 Å². The standard InChI is InChI=1S/C45H70O18/c1-19(18-58-41-38(56)36(54)33(51)29(16-46)61-41)6-9-27(48)20(2)31-28(49)15-26-24-8-7-22-14-23(10-12-44(22,4)25(24)11-13-45(26,31)5)60-43-40(37(55)34(52)30(17-47)62-43)63-42-39(57)35(53)32(50)21(3)59-42/h7,19,21,23-26,29-30,32-43,46-47,50-57H,6,8-18H2,1-5H3/b31-20+/t19-,21-,23-,24+,25+,26+,29+,30+,32-,33+,34+,35+,36-,37-,38+,39+,40+,41+,42-,43+,44-,45-/m0/s1. The number of hydrogen-bond acceptors (Lipinski definition) is 18. The van der Waals surface area contributed by atoms with Gasteiger partial charge in [0, 0.05) is 18.4 Å². The summed E-state index contributed by atoms with van der Waals surface area (Å²) in [6, 6.07) is 0. The fourth-order valence-electron chi connectivity index (χ4n) is 12.0. The maximum atomic E-state index is 13.9. The molecule has 0 bridgehead atoms. The van der Waals surface area contributed by atoms with Crippen LogP contribution in [-0.4, -0.2) is 181 Å². The summed E-state index contributed by atoms with van der Waals surface area (Å²) in [6.07, 6.45) is -13.8. The molecule has 0 radical (unpaired) electrons. The number of aliphatic hydroxyl groups is 10. The van der Waals surface area contributed by atoms with E-state index in [-0.39, 0.29) is 53.7 Å². The topological polar surface area (TPSA) is 292 Å². The van der Waals surface area contributed by atoms with Gasteiger partial charge in [-0.15, -0.1) is 0 Å². The van der Waals surface area contributed by atoms with E-state index >= 15 is 0 Å². The Morgan fingerprint density at radius 2 is 1.38 bits per heavy atom. The smallest absolute Gasteiger partial charge is 0.187 e. The molecular weight excluding hydrogens is 828 g/mol. The van der Waals surface area contributed by atoms with Gasteiger partial charge < -0.3 is 79.5 Å². The lowest BCUT2D eigenvalue weighted by molar-refractivity contribution is -0.369. The van der Waals surface area contributed by atoms with Crippen molar-refractivity contribution in [2.24, 2.45) is 34.5 Å². The van der Waals surface area contributed by atoms with Gasteiger partial charge in [0.05, 0.1) is 32.0 Å². The highest BCUT2D eigenvalue weighted by molar-refractivity contribution is 6.08. The monoisotopic (exact) mass is 898 g/mol. The van der Waals surface area contributed by atoms with E-state index in [1.54, 1.807) is 6.92 Å². The third kappa shape index (κ3) is 9.15. The van der Waals surface area contributed by atoms with Crippen molar-refractivity contribution in [1.82, 2.24) is 0 Å². The zero-order valence-electron chi connectivity index (χ0n) is 36.8. The normalized spacial score (nSPS) is 49.0. The van der Waals surface area contributed by atoms with E-state index < -0.39 is 117 Å². The Bertz CT molecular complexity index is 1700. The van der Waals surface area contributed by atoms with Gasteiger partial charge in [0.1, 0.15) is 67.1 Å². The van der Waals surface area contributed by atoms with Crippen molar-refractivity contribution < 1.29 is 89.1 Å². The molecule has 7 rings (SSSR count). The van der Waals surface area contributed by atoms with Crippen LogP contribution in [0.4, 0.5) is 0 Å². The number of ketones is 2. The Morgan fingerprint density at radius 3 is 2.06 bits per heavy atom. The Balaban J connectivity index is 0.985. The molecule has 3 heterocycles. The highest BCUT2D eigenvalue weighted by Gasteiger charge is 2.60. The third-order valence-corrected chi connectivity index (χ3v) is 16.0. The van der Waals surface area contributed by atoms with Crippen LogP contribution >= 0.6 is 0 Å². The summed E-state index contributed by atoms with van der Waals surface area (Å²) >= 11 is 0. The SMILES string of the molecule is C/C(C(=O)CC[C@H](C)CO[C@@H]1O[C@H](CO)[C@@H](O)[C@H](O)[C@H]1O)=C1/C(=O)C[C@@H]2[C@@H]3CC=C4C[C@@H](O[C@@H]5O[C@H](CO)[C@@H](O)[C@H](O)[C@H]5O[C@@H]5O[C@@H](C)[C@H](O)[C@@H](O)[C@H]5O)CC[C@]4(C)[C@@H]3CC[C@]12C. The van der Waals surface area contributed by atoms with Gasteiger partial charge in [-0.2, -0.15) is 0 Å². The van der Waals surface area contributed by atoms with Gasteiger partial charge in [-0.05, 0) is 98.9 Å². The van der Waals surface area contributed by atoms with Crippen molar-refractivity contribution in [1.29, 1.82) is 0 Å². The number of carbonyl (C=O) groups excluding carboxylic acids is 2. The van der Waals surface area contributed by atoms with Crippen LogP contribution in [-0.2, 0) is 38.0 Å². The summed E-state index contributed by atoms with van der Waals surface area (Å²) < 4.78 is 35.1. The minimum atomic E-state index is -1.67. The molecule has 3 aliphatic heterocycles. The van der Waals surface area contributed by atoms with Crippen LogP contribution in [0.3, 0.4) is 0 Å². The summed E-state index contributed by atoms with van der Waals surface area (Å²) in [6.45, 7) is 8.48. The maximum Gasteiger partial charge on any atom is 0.187 e. The number of fused-ring (bicyclic) bond motifs is 5. The van der Waals surface area contributed by atoms with Crippen LogP contribution < -0.4 is 0 Å². The molecule has 18 heteroatoms. The van der Waals surface area contributed by atoms with Crippen LogP contribution in [0.1, 0.15) is 92.4 Å². The minimum Gasteiger partial charge on any atom is -0.394 e. The fraction of sp³-hybridized carbons (Fsp3) is 0.867. The summed E-state index contributed by atoms with van der Waals surface area (Å²) in [5, 5.41) is 103.